The molecule has 1 aliphatic heterocycles. The first-order chi connectivity index (χ1) is 16.4. The van der Waals surface area contributed by atoms with Crippen LogP contribution in [-0.2, 0) is 16.5 Å². The maximum absolute atomic E-state index is 13.4. The molecule has 1 amide bonds. The van der Waals surface area contributed by atoms with Crippen LogP contribution in [0.3, 0.4) is 0 Å². The zero-order chi connectivity index (χ0) is 25.5. The number of aliphatic imine (C=N–C) groups is 1. The lowest BCUT2D eigenvalue weighted by Crippen LogP contribution is -2.55. The zero-order valence-electron chi connectivity index (χ0n) is 19.5. The Morgan fingerprint density at radius 1 is 1.26 bits per heavy atom. The maximum Gasteiger partial charge on any atom is 0.416 e. The van der Waals surface area contributed by atoms with Crippen molar-refractivity contribution in [3.63, 3.8) is 0 Å². The van der Waals surface area contributed by atoms with E-state index in [0.29, 0.717) is 17.0 Å². The van der Waals surface area contributed by atoms with Gasteiger partial charge in [0.15, 0.2) is 5.96 Å². The van der Waals surface area contributed by atoms with Crippen LogP contribution >= 0.6 is 11.6 Å². The third-order valence-electron chi connectivity index (χ3n) is 6.93. The van der Waals surface area contributed by atoms with Crippen molar-refractivity contribution >= 4 is 23.5 Å². The van der Waals surface area contributed by atoms with E-state index in [1.807, 2.05) is 0 Å². The molecule has 0 aromatic heterocycles. The summed E-state index contributed by atoms with van der Waals surface area (Å²) < 4.78 is 40.2. The van der Waals surface area contributed by atoms with Gasteiger partial charge in [0.05, 0.1) is 34.2 Å². The predicted octanol–water partition coefficient (Wildman–Crippen LogP) is 6.24. The van der Waals surface area contributed by atoms with Crippen molar-refractivity contribution in [3.8, 4) is 17.2 Å². The number of carbonyl (C=O) groups is 1. The number of amides is 1. The smallest absolute Gasteiger partial charge is 0.369 e. The first-order valence-electron chi connectivity index (χ1n) is 11.5. The van der Waals surface area contributed by atoms with Gasteiger partial charge in [0.2, 0.25) is 5.91 Å². The number of nitrogens with two attached hydrogens (primary N) is 1. The molecule has 3 unspecified atom stereocenters. The third kappa shape index (κ3) is 4.87. The van der Waals surface area contributed by atoms with E-state index in [2.05, 4.69) is 11.9 Å². The molecule has 3 atom stereocenters. The van der Waals surface area contributed by atoms with E-state index in [1.165, 1.54) is 6.07 Å². The van der Waals surface area contributed by atoms with Crippen molar-refractivity contribution in [2.75, 3.05) is 0 Å². The average Bonchev–Trinajstić information content (AvgIpc) is 2.77. The topological polar surface area (TPSA) is 82.5 Å². The first-order valence-corrected chi connectivity index (χ1v) is 11.9. The predicted molar refractivity (Wildman–Crippen MR) is 128 cm³/mol. The van der Waals surface area contributed by atoms with Gasteiger partial charge in [-0.2, -0.15) is 18.4 Å². The highest BCUT2D eigenvalue weighted by molar-refractivity contribution is 6.34. The van der Waals surface area contributed by atoms with Gasteiger partial charge in [-0.15, -0.1) is 0 Å². The lowest BCUT2D eigenvalue weighted by Gasteiger charge is -2.41. The average molecular weight is 503 g/mol. The number of hydrogen-bond donors (Lipinski definition) is 1. The number of alkyl halides is 3. The van der Waals surface area contributed by atoms with E-state index in [4.69, 9.17) is 17.3 Å². The molecule has 9 heteroatoms. The molecule has 1 heterocycles. The molecule has 2 N–H and O–H groups in total. The van der Waals surface area contributed by atoms with Gasteiger partial charge in [0.25, 0.3) is 0 Å². The summed E-state index contributed by atoms with van der Waals surface area (Å²) in [5, 5.41) is 9.42. The molecule has 4 rings (SSSR count). The van der Waals surface area contributed by atoms with Crippen LogP contribution in [0.1, 0.15) is 62.6 Å². The lowest BCUT2D eigenvalue weighted by molar-refractivity contribution is -0.137. The molecule has 0 radical (unpaired) electrons. The van der Waals surface area contributed by atoms with E-state index < -0.39 is 17.3 Å². The number of carbonyl (C=O) groups excluding carboxylic acids is 1. The Morgan fingerprint density at radius 2 is 2.00 bits per heavy atom. The summed E-state index contributed by atoms with van der Waals surface area (Å²) in [5.41, 5.74) is 5.13. The second-order valence-electron chi connectivity index (χ2n) is 9.69. The minimum Gasteiger partial charge on any atom is -0.369 e. The highest BCUT2D eigenvalue weighted by atomic mass is 35.5. The molecule has 5 nitrogen and oxygen atoms in total. The highest BCUT2D eigenvalue weighted by Crippen LogP contribution is 2.43. The zero-order valence-corrected chi connectivity index (χ0v) is 20.2. The van der Waals surface area contributed by atoms with Crippen LogP contribution < -0.4 is 5.73 Å². The van der Waals surface area contributed by atoms with Crippen LogP contribution in [-0.4, -0.2) is 22.8 Å². The van der Waals surface area contributed by atoms with Gasteiger partial charge in [0, 0.05) is 11.6 Å². The van der Waals surface area contributed by atoms with E-state index in [-0.39, 0.29) is 40.5 Å². The Bertz CT molecular complexity index is 1240. The van der Waals surface area contributed by atoms with Crippen LogP contribution in [0, 0.1) is 17.2 Å². The molecule has 2 aliphatic rings. The molecular formula is C26H26ClF3N4O. The van der Waals surface area contributed by atoms with Crippen molar-refractivity contribution in [2.45, 2.75) is 63.7 Å². The van der Waals surface area contributed by atoms with Gasteiger partial charge in [-0.05, 0) is 55.0 Å². The van der Waals surface area contributed by atoms with Gasteiger partial charge in [-0.3, -0.25) is 9.69 Å². The number of nitrogens with zero attached hydrogens (tertiary/aromatic N) is 3. The molecular weight excluding hydrogens is 477 g/mol. The van der Waals surface area contributed by atoms with Crippen molar-refractivity contribution in [1.82, 2.24) is 4.90 Å². The summed E-state index contributed by atoms with van der Waals surface area (Å²) in [6, 6.07) is 9.84. The Labute approximate surface area is 207 Å². The van der Waals surface area contributed by atoms with Crippen LogP contribution in [0.4, 0.5) is 13.2 Å². The molecule has 1 saturated carbocycles. The number of hydrogen-bond acceptors (Lipinski definition) is 4. The fourth-order valence-corrected chi connectivity index (χ4v) is 5.66. The van der Waals surface area contributed by atoms with E-state index >= 15 is 0 Å². The SMILES string of the molecule is CC1CCCC(N2C(=O)CC(C)(c3cccc(-c4cc(C#N)cc(C(F)(F)F)c4)c3Cl)N=C2N)C1. The Balaban J connectivity index is 1.75. The summed E-state index contributed by atoms with van der Waals surface area (Å²) in [4.78, 5) is 19.5. The lowest BCUT2D eigenvalue weighted by atomic mass is 9.83. The van der Waals surface area contributed by atoms with Gasteiger partial charge in [-0.25, -0.2) is 4.99 Å². The Hall–Kier alpha value is -3.05. The molecule has 0 bridgehead atoms. The summed E-state index contributed by atoms with van der Waals surface area (Å²) >= 11 is 6.73. The van der Waals surface area contributed by atoms with Crippen LogP contribution in [0.25, 0.3) is 11.1 Å². The number of nitriles is 1. The Kier molecular flexibility index (Phi) is 6.58. The number of halogens is 4. The molecule has 1 fully saturated rings. The maximum atomic E-state index is 13.4. The standard InChI is InChI=1S/C26H26ClF3N4O/c1-15-5-3-6-19(9-15)34-22(35)13-25(2,33-24(34)32)21-8-4-7-20(23(21)27)17-10-16(14-31)11-18(12-17)26(28,29)30/h4,7-8,10-12,15,19H,3,5-6,9,13H2,1-2H3,(H2,32,33). The van der Waals surface area contributed by atoms with Crippen LogP contribution in [0.2, 0.25) is 5.02 Å². The minimum atomic E-state index is -4.62. The largest absolute Gasteiger partial charge is 0.416 e. The number of guanidine groups is 1. The van der Waals surface area contributed by atoms with Crippen molar-refractivity contribution in [2.24, 2.45) is 16.6 Å². The molecule has 35 heavy (non-hydrogen) atoms. The second-order valence-corrected chi connectivity index (χ2v) is 10.1. The first kappa shape index (κ1) is 25.1. The monoisotopic (exact) mass is 502 g/mol. The van der Waals surface area contributed by atoms with Crippen molar-refractivity contribution in [1.29, 1.82) is 5.26 Å². The van der Waals surface area contributed by atoms with E-state index in [9.17, 15) is 23.2 Å². The molecule has 2 aromatic rings. The van der Waals surface area contributed by atoms with Crippen LogP contribution in [0.5, 0.6) is 0 Å². The molecule has 1 aliphatic carbocycles. The number of benzene rings is 2. The molecule has 2 aromatic carbocycles. The minimum absolute atomic E-state index is 0.0101. The third-order valence-corrected chi connectivity index (χ3v) is 7.33. The Morgan fingerprint density at radius 3 is 2.63 bits per heavy atom. The second kappa shape index (κ2) is 9.19. The van der Waals surface area contributed by atoms with Gasteiger partial charge >= 0.3 is 6.18 Å². The van der Waals surface area contributed by atoms with Gasteiger partial charge < -0.3 is 5.73 Å². The quantitative estimate of drug-likeness (QED) is 0.539. The normalized spacial score (nSPS) is 25.2. The van der Waals surface area contributed by atoms with E-state index in [1.54, 1.807) is 36.1 Å². The molecule has 0 spiro atoms. The van der Waals surface area contributed by atoms with E-state index in [0.717, 1.165) is 37.8 Å². The van der Waals surface area contributed by atoms with Gasteiger partial charge in [0.1, 0.15) is 0 Å². The van der Waals surface area contributed by atoms with Crippen LogP contribution in [0.15, 0.2) is 41.4 Å². The van der Waals surface area contributed by atoms with Crippen molar-refractivity contribution in [3.05, 3.63) is 58.1 Å². The number of rotatable bonds is 3. The molecule has 0 saturated heterocycles. The molecule has 184 valence electrons. The summed E-state index contributed by atoms with van der Waals surface area (Å²) in [6.45, 7) is 3.91. The summed E-state index contributed by atoms with van der Waals surface area (Å²) in [7, 11) is 0. The fraction of sp³-hybridized carbons (Fsp3) is 0.423. The van der Waals surface area contributed by atoms with Crippen molar-refractivity contribution < 1.29 is 18.0 Å². The summed E-state index contributed by atoms with van der Waals surface area (Å²) in [6.07, 6.45) is -0.698. The van der Waals surface area contributed by atoms with Gasteiger partial charge in [-0.1, -0.05) is 49.6 Å². The summed E-state index contributed by atoms with van der Waals surface area (Å²) in [5.74, 6) is 0.487. The highest BCUT2D eigenvalue weighted by Gasteiger charge is 2.42. The fourth-order valence-electron chi connectivity index (χ4n) is 5.22.